The van der Waals surface area contributed by atoms with Crippen LogP contribution < -0.4 is 15.1 Å². The average molecular weight is 422 g/mol. The number of para-hydroxylation sites is 1. The summed E-state index contributed by atoms with van der Waals surface area (Å²) >= 11 is 0. The number of benzene rings is 2. The first kappa shape index (κ1) is 22.9. The Hall–Kier alpha value is -2.82. The van der Waals surface area contributed by atoms with Gasteiger partial charge in [-0.1, -0.05) is 50.8 Å². The van der Waals surface area contributed by atoms with E-state index in [0.29, 0.717) is 6.42 Å². The SMILES string of the molecule is CCCCCCCC(=O)N/N=C/c1ccc(OC)c(CN2CCCc3ccccc32)c1. The van der Waals surface area contributed by atoms with Gasteiger partial charge in [0, 0.05) is 30.8 Å². The number of anilines is 1. The number of aryl methyl sites for hydroxylation is 1. The third-order valence-electron chi connectivity index (χ3n) is 5.78. The highest BCUT2D eigenvalue weighted by Crippen LogP contribution is 2.30. The molecule has 0 spiro atoms. The first-order valence-electron chi connectivity index (χ1n) is 11.5. The van der Waals surface area contributed by atoms with Crippen LogP contribution in [0.3, 0.4) is 0 Å². The number of carbonyl (C=O) groups excluding carboxylic acids is 1. The van der Waals surface area contributed by atoms with Gasteiger partial charge >= 0.3 is 0 Å². The van der Waals surface area contributed by atoms with Crippen molar-refractivity contribution in [2.24, 2.45) is 5.10 Å². The second-order valence-corrected chi connectivity index (χ2v) is 8.18. The van der Waals surface area contributed by atoms with Crippen LogP contribution in [-0.4, -0.2) is 25.8 Å². The summed E-state index contributed by atoms with van der Waals surface area (Å²) in [5.41, 5.74) is 7.43. The molecule has 0 saturated heterocycles. The van der Waals surface area contributed by atoms with Crippen molar-refractivity contribution in [3.63, 3.8) is 0 Å². The van der Waals surface area contributed by atoms with E-state index in [1.807, 2.05) is 12.1 Å². The van der Waals surface area contributed by atoms with Crippen LogP contribution in [0.5, 0.6) is 5.75 Å². The number of nitrogens with one attached hydrogen (secondary N) is 1. The van der Waals surface area contributed by atoms with E-state index in [4.69, 9.17) is 4.74 Å². The number of fused-ring (bicyclic) bond motifs is 1. The van der Waals surface area contributed by atoms with Crippen molar-refractivity contribution in [3.05, 3.63) is 59.2 Å². The molecule has 0 fully saturated rings. The lowest BCUT2D eigenvalue weighted by Gasteiger charge is -2.31. The minimum Gasteiger partial charge on any atom is -0.496 e. The Labute approximate surface area is 186 Å². The quantitative estimate of drug-likeness (QED) is 0.298. The molecule has 2 aromatic rings. The van der Waals surface area contributed by atoms with E-state index in [-0.39, 0.29) is 5.91 Å². The molecule has 2 aromatic carbocycles. The Balaban J connectivity index is 1.59. The van der Waals surface area contributed by atoms with Crippen molar-refractivity contribution < 1.29 is 9.53 Å². The second-order valence-electron chi connectivity index (χ2n) is 8.18. The number of hydrogen-bond acceptors (Lipinski definition) is 4. The van der Waals surface area contributed by atoms with Crippen LogP contribution in [0.1, 0.15) is 68.6 Å². The van der Waals surface area contributed by atoms with Crippen LogP contribution in [-0.2, 0) is 17.8 Å². The predicted octanol–water partition coefficient (Wildman–Crippen LogP) is 5.46. The third kappa shape index (κ3) is 6.84. The van der Waals surface area contributed by atoms with Crippen LogP contribution in [0.25, 0.3) is 0 Å². The Morgan fingerprint density at radius 2 is 2.00 bits per heavy atom. The molecule has 0 aliphatic carbocycles. The lowest BCUT2D eigenvalue weighted by atomic mass is 10.0. The normalized spacial score (nSPS) is 13.3. The Morgan fingerprint density at radius 1 is 1.16 bits per heavy atom. The van der Waals surface area contributed by atoms with Gasteiger partial charge in [-0.25, -0.2) is 5.43 Å². The Kier molecular flexibility index (Phi) is 8.95. The van der Waals surface area contributed by atoms with Crippen LogP contribution >= 0.6 is 0 Å². The number of hydrazone groups is 1. The van der Waals surface area contributed by atoms with Gasteiger partial charge in [0.2, 0.25) is 5.91 Å². The zero-order chi connectivity index (χ0) is 21.9. The van der Waals surface area contributed by atoms with Crippen molar-refractivity contribution in [3.8, 4) is 5.75 Å². The summed E-state index contributed by atoms with van der Waals surface area (Å²) in [4.78, 5) is 14.4. The standard InChI is InChI=1S/C26H35N3O2/c1-3-4-5-6-7-14-26(30)28-27-19-21-15-16-25(31-2)23(18-21)20-29-17-10-12-22-11-8-9-13-24(22)29/h8-9,11,13,15-16,18-19H,3-7,10,12,14,17,20H2,1-2H3,(H,28,30)/b27-19+. The summed E-state index contributed by atoms with van der Waals surface area (Å²) in [7, 11) is 1.71. The largest absolute Gasteiger partial charge is 0.496 e. The predicted molar refractivity (Wildman–Crippen MR) is 128 cm³/mol. The molecule has 1 N–H and O–H groups in total. The van der Waals surface area contributed by atoms with Gasteiger partial charge in [0.05, 0.1) is 13.3 Å². The molecule has 1 aliphatic heterocycles. The number of amides is 1. The third-order valence-corrected chi connectivity index (χ3v) is 5.78. The molecule has 0 radical (unpaired) electrons. The molecule has 5 heteroatoms. The van der Waals surface area contributed by atoms with Crippen molar-refractivity contribution >= 4 is 17.8 Å². The molecule has 0 bridgehead atoms. The number of rotatable bonds is 11. The molecule has 1 amide bonds. The minimum absolute atomic E-state index is 0.0218. The topological polar surface area (TPSA) is 53.9 Å². The van der Waals surface area contributed by atoms with Gasteiger partial charge in [-0.05, 0) is 54.7 Å². The van der Waals surface area contributed by atoms with Crippen LogP contribution in [0, 0.1) is 0 Å². The lowest BCUT2D eigenvalue weighted by molar-refractivity contribution is -0.121. The van der Waals surface area contributed by atoms with Gasteiger partial charge in [0.1, 0.15) is 5.75 Å². The van der Waals surface area contributed by atoms with Gasteiger partial charge < -0.3 is 9.64 Å². The average Bonchev–Trinajstić information content (AvgIpc) is 2.79. The van der Waals surface area contributed by atoms with Crippen LogP contribution in [0.15, 0.2) is 47.6 Å². The lowest BCUT2D eigenvalue weighted by Crippen LogP contribution is -2.29. The zero-order valence-corrected chi connectivity index (χ0v) is 18.9. The zero-order valence-electron chi connectivity index (χ0n) is 18.9. The van der Waals surface area contributed by atoms with E-state index in [1.54, 1.807) is 13.3 Å². The Morgan fingerprint density at radius 3 is 2.84 bits per heavy atom. The summed E-state index contributed by atoms with van der Waals surface area (Å²) < 4.78 is 5.60. The fourth-order valence-corrected chi connectivity index (χ4v) is 4.11. The minimum atomic E-state index is -0.0218. The van der Waals surface area contributed by atoms with E-state index in [9.17, 15) is 4.79 Å². The highest BCUT2D eigenvalue weighted by atomic mass is 16.5. The molecule has 0 unspecified atom stereocenters. The fraction of sp³-hybridized carbons (Fsp3) is 0.462. The molecule has 1 aliphatic rings. The highest BCUT2D eigenvalue weighted by Gasteiger charge is 2.18. The van der Waals surface area contributed by atoms with Gasteiger partial charge in [-0.15, -0.1) is 0 Å². The monoisotopic (exact) mass is 421 g/mol. The smallest absolute Gasteiger partial charge is 0.240 e. The number of nitrogens with zero attached hydrogens (tertiary/aromatic N) is 2. The molecule has 1 heterocycles. The summed E-state index contributed by atoms with van der Waals surface area (Å²) in [5, 5.41) is 4.16. The van der Waals surface area contributed by atoms with Gasteiger partial charge in [-0.2, -0.15) is 5.10 Å². The summed E-state index contributed by atoms with van der Waals surface area (Å²) in [6.45, 7) is 4.01. The summed E-state index contributed by atoms with van der Waals surface area (Å²) in [6.07, 6.45) is 10.2. The molecule has 31 heavy (non-hydrogen) atoms. The molecule has 0 atom stereocenters. The maximum Gasteiger partial charge on any atom is 0.240 e. The van der Waals surface area contributed by atoms with Crippen molar-refractivity contribution in [2.45, 2.75) is 64.8 Å². The number of carbonyl (C=O) groups is 1. The van der Waals surface area contributed by atoms with Crippen molar-refractivity contribution in [1.82, 2.24) is 5.43 Å². The molecular weight excluding hydrogens is 386 g/mol. The number of methoxy groups -OCH3 is 1. The fourth-order valence-electron chi connectivity index (χ4n) is 4.11. The first-order valence-corrected chi connectivity index (χ1v) is 11.5. The number of unbranched alkanes of at least 4 members (excludes halogenated alkanes) is 4. The van der Waals surface area contributed by atoms with Gasteiger partial charge in [0.15, 0.2) is 0 Å². The summed E-state index contributed by atoms with van der Waals surface area (Å²) in [6, 6.07) is 14.7. The maximum absolute atomic E-state index is 12.0. The first-order chi connectivity index (χ1) is 15.2. The molecule has 166 valence electrons. The summed E-state index contributed by atoms with van der Waals surface area (Å²) in [5.74, 6) is 0.850. The molecular formula is C26H35N3O2. The van der Waals surface area contributed by atoms with E-state index >= 15 is 0 Å². The maximum atomic E-state index is 12.0. The number of hydrogen-bond donors (Lipinski definition) is 1. The molecule has 0 saturated carbocycles. The van der Waals surface area contributed by atoms with Crippen molar-refractivity contribution in [2.75, 3.05) is 18.6 Å². The van der Waals surface area contributed by atoms with E-state index in [2.05, 4.69) is 52.7 Å². The van der Waals surface area contributed by atoms with E-state index < -0.39 is 0 Å². The van der Waals surface area contributed by atoms with Crippen LogP contribution in [0.4, 0.5) is 5.69 Å². The van der Waals surface area contributed by atoms with Gasteiger partial charge in [-0.3, -0.25) is 4.79 Å². The molecule has 0 aromatic heterocycles. The molecule has 5 nitrogen and oxygen atoms in total. The van der Waals surface area contributed by atoms with E-state index in [0.717, 1.165) is 55.6 Å². The van der Waals surface area contributed by atoms with E-state index in [1.165, 1.54) is 30.5 Å². The number of ether oxygens (including phenoxy) is 1. The highest BCUT2D eigenvalue weighted by molar-refractivity contribution is 5.83. The Bertz CT molecular complexity index is 879. The van der Waals surface area contributed by atoms with Gasteiger partial charge in [0.25, 0.3) is 0 Å². The second kappa shape index (κ2) is 12.1. The van der Waals surface area contributed by atoms with Crippen molar-refractivity contribution in [1.29, 1.82) is 0 Å². The van der Waals surface area contributed by atoms with Crippen LogP contribution in [0.2, 0.25) is 0 Å². The molecule has 3 rings (SSSR count).